The molecule has 2 aromatic rings. The monoisotopic (exact) mass is 299 g/mol. The Hall–Kier alpha value is -1.84. The Morgan fingerprint density at radius 2 is 1.50 bits per heavy atom. The minimum atomic E-state index is 0.203. The van der Waals surface area contributed by atoms with Gasteiger partial charge >= 0.3 is 0 Å². The Bertz CT molecular complexity index is 501. The van der Waals surface area contributed by atoms with Gasteiger partial charge in [0.15, 0.2) is 0 Å². The molecule has 0 heterocycles. The zero-order valence-corrected chi connectivity index (χ0v) is 13.0. The molecule has 0 amide bonds. The van der Waals surface area contributed by atoms with Crippen LogP contribution in [0.2, 0.25) is 0 Å². The highest BCUT2D eigenvalue weighted by atomic mass is 16.5. The normalized spacial score (nSPS) is 10.8. The van der Waals surface area contributed by atoms with E-state index in [1.54, 1.807) is 0 Å². The Kier molecular flexibility index (Phi) is 7.50. The summed E-state index contributed by atoms with van der Waals surface area (Å²) in [6, 6.07) is 20.4. The van der Waals surface area contributed by atoms with Crippen LogP contribution in [0, 0.1) is 0 Å². The molecule has 0 radical (unpaired) electrons. The molecule has 0 aromatic heterocycles. The molecule has 0 unspecified atom stereocenters. The molecule has 0 spiro atoms. The Labute approximate surface area is 133 Å². The highest BCUT2D eigenvalue weighted by molar-refractivity contribution is 5.20. The summed E-state index contributed by atoms with van der Waals surface area (Å²) in [6.45, 7) is 3.54. The quantitative estimate of drug-likeness (QED) is 0.685. The van der Waals surface area contributed by atoms with Gasteiger partial charge in [0.25, 0.3) is 0 Å². The molecule has 22 heavy (non-hydrogen) atoms. The van der Waals surface area contributed by atoms with Gasteiger partial charge in [-0.05, 0) is 30.5 Å². The van der Waals surface area contributed by atoms with E-state index >= 15 is 0 Å². The van der Waals surface area contributed by atoms with Crippen molar-refractivity contribution in [1.82, 2.24) is 4.90 Å². The van der Waals surface area contributed by atoms with Crippen LogP contribution in [0.5, 0.6) is 5.75 Å². The third-order valence-electron chi connectivity index (χ3n) is 3.61. The molecular formula is C19H25NO2. The van der Waals surface area contributed by atoms with Crippen molar-refractivity contribution in [2.24, 2.45) is 0 Å². The number of aliphatic hydroxyl groups excluding tert-OH is 1. The fraction of sp³-hybridized carbons (Fsp3) is 0.368. The third-order valence-corrected chi connectivity index (χ3v) is 3.61. The van der Waals surface area contributed by atoms with E-state index in [9.17, 15) is 5.11 Å². The fourth-order valence-corrected chi connectivity index (χ4v) is 2.40. The maximum atomic E-state index is 9.20. The first-order chi connectivity index (χ1) is 10.9. The fourth-order valence-electron chi connectivity index (χ4n) is 2.40. The van der Waals surface area contributed by atoms with Gasteiger partial charge in [0.05, 0.1) is 13.2 Å². The average Bonchev–Trinajstić information content (AvgIpc) is 2.58. The van der Waals surface area contributed by atoms with Gasteiger partial charge in [-0.15, -0.1) is 0 Å². The molecule has 118 valence electrons. The van der Waals surface area contributed by atoms with E-state index in [0.717, 1.165) is 38.2 Å². The summed E-state index contributed by atoms with van der Waals surface area (Å²) >= 11 is 0. The van der Waals surface area contributed by atoms with E-state index < -0.39 is 0 Å². The van der Waals surface area contributed by atoms with Crippen LogP contribution >= 0.6 is 0 Å². The van der Waals surface area contributed by atoms with Crippen molar-refractivity contribution in [1.29, 1.82) is 0 Å². The molecule has 0 aliphatic heterocycles. The van der Waals surface area contributed by atoms with E-state index in [2.05, 4.69) is 29.2 Å². The minimum absolute atomic E-state index is 0.203. The van der Waals surface area contributed by atoms with E-state index in [0.29, 0.717) is 6.61 Å². The van der Waals surface area contributed by atoms with Gasteiger partial charge in [-0.25, -0.2) is 0 Å². The van der Waals surface area contributed by atoms with Crippen LogP contribution in [-0.4, -0.2) is 42.9 Å². The molecule has 0 atom stereocenters. The summed E-state index contributed by atoms with van der Waals surface area (Å²) < 4.78 is 5.71. The van der Waals surface area contributed by atoms with Crippen LogP contribution in [-0.2, 0) is 6.42 Å². The highest BCUT2D eigenvalue weighted by Crippen LogP contribution is 2.08. The van der Waals surface area contributed by atoms with Gasteiger partial charge in [-0.1, -0.05) is 48.5 Å². The van der Waals surface area contributed by atoms with Crippen LogP contribution in [0.25, 0.3) is 0 Å². The second-order valence-electron chi connectivity index (χ2n) is 5.32. The van der Waals surface area contributed by atoms with E-state index in [1.165, 1.54) is 5.56 Å². The second kappa shape index (κ2) is 9.98. The SMILES string of the molecule is OCCN(CCCOc1ccccc1)CCc1ccccc1. The number of rotatable bonds is 10. The maximum Gasteiger partial charge on any atom is 0.119 e. The largest absolute Gasteiger partial charge is 0.494 e. The van der Waals surface area contributed by atoms with Crippen molar-refractivity contribution in [3.05, 3.63) is 66.2 Å². The molecule has 3 nitrogen and oxygen atoms in total. The van der Waals surface area contributed by atoms with Crippen LogP contribution < -0.4 is 4.74 Å². The molecular weight excluding hydrogens is 274 g/mol. The van der Waals surface area contributed by atoms with Gasteiger partial charge in [0, 0.05) is 19.6 Å². The molecule has 0 saturated heterocycles. The van der Waals surface area contributed by atoms with Crippen molar-refractivity contribution in [2.45, 2.75) is 12.8 Å². The average molecular weight is 299 g/mol. The first-order valence-electron chi connectivity index (χ1n) is 7.93. The van der Waals surface area contributed by atoms with Crippen molar-refractivity contribution in [3.8, 4) is 5.75 Å². The van der Waals surface area contributed by atoms with Crippen LogP contribution in [0.15, 0.2) is 60.7 Å². The third kappa shape index (κ3) is 6.29. The van der Waals surface area contributed by atoms with Gasteiger partial charge in [0.2, 0.25) is 0 Å². The van der Waals surface area contributed by atoms with Crippen molar-refractivity contribution < 1.29 is 9.84 Å². The predicted octanol–water partition coefficient (Wildman–Crippen LogP) is 2.99. The van der Waals surface area contributed by atoms with E-state index in [-0.39, 0.29) is 6.61 Å². The predicted molar refractivity (Wildman–Crippen MR) is 90.2 cm³/mol. The van der Waals surface area contributed by atoms with Crippen LogP contribution in [0.4, 0.5) is 0 Å². The van der Waals surface area contributed by atoms with Crippen molar-refractivity contribution in [2.75, 3.05) is 32.8 Å². The maximum absolute atomic E-state index is 9.20. The Balaban J connectivity index is 1.67. The van der Waals surface area contributed by atoms with Gasteiger partial charge < -0.3 is 14.7 Å². The molecule has 1 N–H and O–H groups in total. The highest BCUT2D eigenvalue weighted by Gasteiger charge is 2.05. The molecule has 0 saturated carbocycles. The molecule has 0 aliphatic rings. The number of benzene rings is 2. The van der Waals surface area contributed by atoms with Crippen molar-refractivity contribution in [3.63, 3.8) is 0 Å². The summed E-state index contributed by atoms with van der Waals surface area (Å²) in [7, 11) is 0. The van der Waals surface area contributed by atoms with Gasteiger partial charge in [-0.2, -0.15) is 0 Å². The molecule has 0 bridgehead atoms. The number of ether oxygens (including phenoxy) is 1. The second-order valence-corrected chi connectivity index (χ2v) is 5.32. The topological polar surface area (TPSA) is 32.7 Å². The molecule has 2 rings (SSSR count). The summed E-state index contributed by atoms with van der Waals surface area (Å²) in [5, 5.41) is 9.20. The van der Waals surface area contributed by atoms with Crippen molar-refractivity contribution >= 4 is 0 Å². The number of hydrogen-bond acceptors (Lipinski definition) is 3. The number of nitrogens with zero attached hydrogens (tertiary/aromatic N) is 1. The van der Waals surface area contributed by atoms with E-state index in [4.69, 9.17) is 4.74 Å². The van der Waals surface area contributed by atoms with Crippen LogP contribution in [0.3, 0.4) is 0 Å². The first kappa shape index (κ1) is 16.5. The van der Waals surface area contributed by atoms with Gasteiger partial charge in [0.1, 0.15) is 5.75 Å². The molecule has 0 fully saturated rings. The lowest BCUT2D eigenvalue weighted by molar-refractivity contribution is 0.184. The summed E-state index contributed by atoms with van der Waals surface area (Å²) in [5.41, 5.74) is 1.34. The lowest BCUT2D eigenvalue weighted by Crippen LogP contribution is -2.31. The molecule has 3 heteroatoms. The molecule has 0 aliphatic carbocycles. The lowest BCUT2D eigenvalue weighted by Gasteiger charge is -2.21. The zero-order valence-electron chi connectivity index (χ0n) is 13.0. The summed E-state index contributed by atoms with van der Waals surface area (Å²) in [5.74, 6) is 0.917. The Morgan fingerprint density at radius 1 is 0.818 bits per heavy atom. The summed E-state index contributed by atoms with van der Waals surface area (Å²) in [6.07, 6.45) is 1.98. The minimum Gasteiger partial charge on any atom is -0.494 e. The Morgan fingerprint density at radius 3 is 2.18 bits per heavy atom. The number of hydrogen-bond donors (Lipinski definition) is 1. The number of aliphatic hydroxyl groups is 1. The lowest BCUT2D eigenvalue weighted by atomic mass is 10.1. The first-order valence-corrected chi connectivity index (χ1v) is 7.93. The summed E-state index contributed by atoms with van der Waals surface area (Å²) in [4.78, 5) is 2.29. The molecule has 2 aromatic carbocycles. The zero-order chi connectivity index (χ0) is 15.5. The van der Waals surface area contributed by atoms with Crippen LogP contribution in [0.1, 0.15) is 12.0 Å². The smallest absolute Gasteiger partial charge is 0.119 e. The van der Waals surface area contributed by atoms with E-state index in [1.807, 2.05) is 36.4 Å². The van der Waals surface area contributed by atoms with Gasteiger partial charge in [-0.3, -0.25) is 0 Å². The standard InChI is InChI=1S/C19H25NO2/c21-16-15-20(14-12-18-8-3-1-4-9-18)13-7-17-22-19-10-5-2-6-11-19/h1-6,8-11,21H,7,12-17H2. The number of para-hydroxylation sites is 1.